The highest BCUT2D eigenvalue weighted by Crippen LogP contribution is 2.44. The van der Waals surface area contributed by atoms with Gasteiger partial charge in [-0.25, -0.2) is 0 Å². The van der Waals surface area contributed by atoms with Crippen LogP contribution in [0.4, 0.5) is 0 Å². The fourth-order valence-corrected chi connectivity index (χ4v) is 3.21. The molecule has 1 fully saturated rings. The quantitative estimate of drug-likeness (QED) is 0.694. The first-order valence-corrected chi connectivity index (χ1v) is 7.26. The van der Waals surface area contributed by atoms with Crippen molar-refractivity contribution < 1.29 is 4.79 Å². The van der Waals surface area contributed by atoms with Gasteiger partial charge in [-0.2, -0.15) is 0 Å². The summed E-state index contributed by atoms with van der Waals surface area (Å²) in [5, 5.41) is 0. The summed E-state index contributed by atoms with van der Waals surface area (Å²) in [6.45, 7) is 16.5. The van der Waals surface area contributed by atoms with Crippen molar-refractivity contribution in [1.29, 1.82) is 0 Å². The van der Waals surface area contributed by atoms with Crippen LogP contribution in [0.15, 0.2) is 12.2 Å². The summed E-state index contributed by atoms with van der Waals surface area (Å²) in [5.41, 5.74) is 1.47. The monoisotopic (exact) mass is 251 g/mol. The average molecular weight is 251 g/mol. The summed E-state index contributed by atoms with van der Waals surface area (Å²) < 4.78 is 0. The van der Waals surface area contributed by atoms with Crippen LogP contribution in [-0.4, -0.2) is 23.9 Å². The summed E-state index contributed by atoms with van der Waals surface area (Å²) in [4.78, 5) is 14.6. The number of nitrogens with zero attached hydrogens (tertiary/aromatic N) is 1. The Morgan fingerprint density at radius 3 is 2.28 bits per heavy atom. The van der Waals surface area contributed by atoms with Gasteiger partial charge in [0.05, 0.1) is 0 Å². The Kier molecular flexibility index (Phi) is 5.01. The van der Waals surface area contributed by atoms with E-state index in [0.29, 0.717) is 17.2 Å². The molecule has 0 heterocycles. The van der Waals surface area contributed by atoms with Crippen molar-refractivity contribution in [3.63, 3.8) is 0 Å². The molecule has 1 aliphatic rings. The minimum atomic E-state index is 0.145. The van der Waals surface area contributed by atoms with Gasteiger partial charge in [-0.3, -0.25) is 4.79 Å². The standard InChI is InChI=1S/C16H29NO/c1-7-17(8-2)15(18)14-11-16(5,6)10-9-13(14)12(3)4/h13-14H,3,7-11H2,1-2,4-6H3. The van der Waals surface area contributed by atoms with Crippen molar-refractivity contribution in [2.75, 3.05) is 13.1 Å². The zero-order valence-corrected chi connectivity index (χ0v) is 12.8. The average Bonchev–Trinajstić information content (AvgIpc) is 2.28. The number of carbonyl (C=O) groups is 1. The SMILES string of the molecule is C=C(C)C1CCC(C)(C)CC1C(=O)N(CC)CC. The lowest BCUT2D eigenvalue weighted by atomic mass is 9.65. The first-order valence-electron chi connectivity index (χ1n) is 7.26. The maximum absolute atomic E-state index is 12.6. The highest BCUT2D eigenvalue weighted by Gasteiger charge is 2.40. The number of rotatable bonds is 4. The molecule has 0 aromatic heterocycles. The molecule has 1 aliphatic carbocycles. The third kappa shape index (κ3) is 3.37. The second kappa shape index (κ2) is 5.90. The van der Waals surface area contributed by atoms with Crippen LogP contribution < -0.4 is 0 Å². The molecule has 1 amide bonds. The number of carbonyl (C=O) groups excluding carboxylic acids is 1. The molecular weight excluding hydrogens is 222 g/mol. The predicted octanol–water partition coefficient (Wildman–Crippen LogP) is 3.87. The lowest BCUT2D eigenvalue weighted by molar-refractivity contribution is -0.139. The summed E-state index contributed by atoms with van der Waals surface area (Å²) >= 11 is 0. The van der Waals surface area contributed by atoms with Crippen molar-refractivity contribution in [1.82, 2.24) is 4.90 Å². The Hall–Kier alpha value is -0.790. The largest absolute Gasteiger partial charge is 0.343 e. The second-order valence-corrected chi connectivity index (χ2v) is 6.48. The number of allylic oxidation sites excluding steroid dienone is 1. The first-order chi connectivity index (χ1) is 8.32. The van der Waals surface area contributed by atoms with E-state index >= 15 is 0 Å². The van der Waals surface area contributed by atoms with Crippen molar-refractivity contribution >= 4 is 5.91 Å². The van der Waals surface area contributed by atoms with E-state index in [1.54, 1.807) is 0 Å². The molecule has 0 bridgehead atoms. The highest BCUT2D eigenvalue weighted by atomic mass is 16.2. The highest BCUT2D eigenvalue weighted by molar-refractivity contribution is 5.79. The summed E-state index contributed by atoms with van der Waals surface area (Å²) in [6, 6.07) is 0. The zero-order chi connectivity index (χ0) is 13.9. The Labute approximate surface area is 112 Å². The van der Waals surface area contributed by atoms with Crippen LogP contribution in [0.2, 0.25) is 0 Å². The third-order valence-corrected chi connectivity index (χ3v) is 4.42. The summed E-state index contributed by atoms with van der Waals surface area (Å²) in [7, 11) is 0. The molecule has 0 aliphatic heterocycles. The summed E-state index contributed by atoms with van der Waals surface area (Å²) in [6.07, 6.45) is 3.31. The molecule has 0 N–H and O–H groups in total. The van der Waals surface area contributed by atoms with Gasteiger partial charge in [0.2, 0.25) is 5.91 Å². The van der Waals surface area contributed by atoms with Crippen LogP contribution in [0.3, 0.4) is 0 Å². The number of hydrogen-bond donors (Lipinski definition) is 0. The van der Waals surface area contributed by atoms with Gasteiger partial charge in [0.25, 0.3) is 0 Å². The van der Waals surface area contributed by atoms with E-state index in [9.17, 15) is 4.79 Å². The van der Waals surface area contributed by atoms with E-state index < -0.39 is 0 Å². The molecule has 2 heteroatoms. The minimum Gasteiger partial charge on any atom is -0.343 e. The van der Waals surface area contributed by atoms with Gasteiger partial charge < -0.3 is 4.90 Å². The molecule has 0 saturated heterocycles. The fraction of sp³-hybridized carbons (Fsp3) is 0.812. The Bertz CT molecular complexity index is 315. The van der Waals surface area contributed by atoms with Gasteiger partial charge >= 0.3 is 0 Å². The van der Waals surface area contributed by atoms with Crippen molar-refractivity contribution in [2.45, 2.75) is 53.9 Å². The minimum absolute atomic E-state index is 0.145. The van der Waals surface area contributed by atoms with E-state index in [2.05, 4.69) is 41.2 Å². The fourth-order valence-electron chi connectivity index (χ4n) is 3.21. The van der Waals surface area contributed by atoms with E-state index in [0.717, 1.165) is 25.9 Å². The van der Waals surface area contributed by atoms with Gasteiger partial charge in [-0.05, 0) is 51.4 Å². The molecule has 18 heavy (non-hydrogen) atoms. The van der Waals surface area contributed by atoms with Crippen LogP contribution in [0, 0.1) is 17.3 Å². The number of hydrogen-bond acceptors (Lipinski definition) is 1. The lowest BCUT2D eigenvalue weighted by Crippen LogP contribution is -2.43. The van der Waals surface area contributed by atoms with Crippen LogP contribution >= 0.6 is 0 Å². The van der Waals surface area contributed by atoms with Crippen molar-refractivity contribution in [3.05, 3.63) is 12.2 Å². The van der Waals surface area contributed by atoms with Gasteiger partial charge in [-0.15, -0.1) is 0 Å². The maximum Gasteiger partial charge on any atom is 0.226 e. The van der Waals surface area contributed by atoms with E-state index in [-0.39, 0.29) is 5.92 Å². The van der Waals surface area contributed by atoms with Crippen LogP contribution in [0.5, 0.6) is 0 Å². The van der Waals surface area contributed by atoms with Gasteiger partial charge in [0.1, 0.15) is 0 Å². The van der Waals surface area contributed by atoms with Crippen LogP contribution in [0.1, 0.15) is 53.9 Å². The van der Waals surface area contributed by atoms with E-state index in [4.69, 9.17) is 0 Å². The smallest absolute Gasteiger partial charge is 0.226 e. The summed E-state index contributed by atoms with van der Waals surface area (Å²) in [5.74, 6) is 0.859. The Balaban J connectivity index is 2.91. The molecule has 1 rings (SSSR count). The van der Waals surface area contributed by atoms with Gasteiger partial charge in [-0.1, -0.05) is 26.0 Å². The van der Waals surface area contributed by atoms with Gasteiger partial charge in [0.15, 0.2) is 0 Å². The first kappa shape index (κ1) is 15.3. The molecule has 2 nitrogen and oxygen atoms in total. The zero-order valence-electron chi connectivity index (χ0n) is 12.8. The van der Waals surface area contributed by atoms with Crippen molar-refractivity contribution in [2.24, 2.45) is 17.3 Å². The normalized spacial score (nSPS) is 26.7. The molecule has 0 radical (unpaired) electrons. The van der Waals surface area contributed by atoms with Crippen LogP contribution in [-0.2, 0) is 4.79 Å². The molecule has 2 unspecified atom stereocenters. The molecule has 1 saturated carbocycles. The predicted molar refractivity (Wildman–Crippen MR) is 77.4 cm³/mol. The molecule has 0 spiro atoms. The molecular formula is C16H29NO. The van der Waals surface area contributed by atoms with Crippen molar-refractivity contribution in [3.8, 4) is 0 Å². The molecule has 0 aromatic carbocycles. The molecule has 2 atom stereocenters. The second-order valence-electron chi connectivity index (χ2n) is 6.48. The Morgan fingerprint density at radius 2 is 1.83 bits per heavy atom. The molecule has 0 aromatic rings. The maximum atomic E-state index is 12.6. The number of amides is 1. The molecule has 104 valence electrons. The topological polar surface area (TPSA) is 20.3 Å². The lowest BCUT2D eigenvalue weighted by Gasteiger charge is -2.42. The van der Waals surface area contributed by atoms with Crippen LogP contribution in [0.25, 0.3) is 0 Å². The van der Waals surface area contributed by atoms with E-state index in [1.165, 1.54) is 12.0 Å². The Morgan fingerprint density at radius 1 is 1.28 bits per heavy atom. The van der Waals surface area contributed by atoms with E-state index in [1.807, 2.05) is 4.90 Å². The third-order valence-electron chi connectivity index (χ3n) is 4.42. The van der Waals surface area contributed by atoms with Gasteiger partial charge in [0, 0.05) is 19.0 Å².